The fraction of sp³-hybridized carbons (Fsp3) is 0.357. The van der Waals surface area contributed by atoms with Crippen molar-refractivity contribution in [3.8, 4) is 5.69 Å². The molecule has 18 heavy (non-hydrogen) atoms. The van der Waals surface area contributed by atoms with Crippen molar-refractivity contribution >= 4 is 15.9 Å². The molecule has 1 aromatic carbocycles. The summed E-state index contributed by atoms with van der Waals surface area (Å²) < 4.78 is 2.96. The van der Waals surface area contributed by atoms with Crippen molar-refractivity contribution in [3.05, 3.63) is 46.2 Å². The van der Waals surface area contributed by atoms with Gasteiger partial charge in [-0.15, -0.1) is 0 Å². The first-order valence-electron chi connectivity index (χ1n) is 6.26. The molecule has 1 saturated carbocycles. The number of benzene rings is 1. The Labute approximate surface area is 115 Å². The van der Waals surface area contributed by atoms with Crippen LogP contribution >= 0.6 is 15.9 Å². The first kappa shape index (κ1) is 11.9. The predicted octanol–water partition coefficient (Wildman–Crippen LogP) is 3.53. The Balaban J connectivity index is 1.94. The molecule has 1 fully saturated rings. The first-order valence-corrected chi connectivity index (χ1v) is 7.05. The number of nitrogens with two attached hydrogens (primary N) is 1. The lowest BCUT2D eigenvalue weighted by Crippen LogP contribution is -2.06. The Bertz CT molecular complexity index is 570. The van der Waals surface area contributed by atoms with Crippen molar-refractivity contribution in [2.24, 2.45) is 5.73 Å². The minimum atomic E-state index is 0.0509. The van der Waals surface area contributed by atoms with Crippen LogP contribution in [0.25, 0.3) is 5.69 Å². The van der Waals surface area contributed by atoms with E-state index in [9.17, 15) is 0 Å². The summed E-state index contributed by atoms with van der Waals surface area (Å²) in [6.07, 6.45) is 4.59. The lowest BCUT2D eigenvalue weighted by Gasteiger charge is -2.09. The molecule has 3 rings (SSSR count). The van der Waals surface area contributed by atoms with Crippen molar-refractivity contribution < 1.29 is 0 Å². The van der Waals surface area contributed by atoms with E-state index >= 15 is 0 Å². The molecule has 94 valence electrons. The number of aromatic nitrogens is 2. The van der Waals surface area contributed by atoms with Gasteiger partial charge in [0.15, 0.2) is 0 Å². The average Bonchev–Trinajstić information content (AvgIpc) is 3.08. The lowest BCUT2D eigenvalue weighted by molar-refractivity contribution is 0.807. The largest absolute Gasteiger partial charge is 0.324 e. The molecule has 1 aromatic heterocycles. The van der Waals surface area contributed by atoms with E-state index in [1.165, 1.54) is 18.5 Å². The zero-order valence-electron chi connectivity index (χ0n) is 10.3. The summed E-state index contributed by atoms with van der Waals surface area (Å²) in [4.78, 5) is 0. The molecule has 1 aliphatic carbocycles. The van der Waals surface area contributed by atoms with Crippen LogP contribution in [-0.4, -0.2) is 9.78 Å². The van der Waals surface area contributed by atoms with Crippen molar-refractivity contribution in [2.45, 2.75) is 31.7 Å². The summed E-state index contributed by atoms with van der Waals surface area (Å²) in [6.45, 7) is 1.99. The normalized spacial score (nSPS) is 16.8. The maximum absolute atomic E-state index is 5.88. The summed E-state index contributed by atoms with van der Waals surface area (Å²) >= 11 is 3.60. The molecule has 1 unspecified atom stereocenters. The van der Waals surface area contributed by atoms with E-state index in [0.717, 1.165) is 15.7 Å². The molecule has 0 aliphatic heterocycles. The maximum atomic E-state index is 5.88. The third kappa shape index (κ3) is 2.22. The van der Waals surface area contributed by atoms with Crippen molar-refractivity contribution in [3.63, 3.8) is 0 Å². The van der Waals surface area contributed by atoms with Crippen molar-refractivity contribution in [1.29, 1.82) is 0 Å². The van der Waals surface area contributed by atoms with Gasteiger partial charge in [-0.1, -0.05) is 6.07 Å². The third-order valence-electron chi connectivity index (χ3n) is 3.35. The Kier molecular flexibility index (Phi) is 2.99. The van der Waals surface area contributed by atoms with Crippen molar-refractivity contribution in [2.75, 3.05) is 0 Å². The molecule has 1 heterocycles. The quantitative estimate of drug-likeness (QED) is 0.942. The van der Waals surface area contributed by atoms with Gasteiger partial charge in [-0.3, -0.25) is 0 Å². The molecule has 0 bridgehead atoms. The fourth-order valence-corrected chi connectivity index (χ4v) is 2.64. The molecule has 0 spiro atoms. The van der Waals surface area contributed by atoms with E-state index in [0.29, 0.717) is 5.92 Å². The molecular weight excluding hydrogens is 290 g/mol. The van der Waals surface area contributed by atoms with Gasteiger partial charge in [0, 0.05) is 22.6 Å². The number of rotatable bonds is 3. The van der Waals surface area contributed by atoms with Crippen LogP contribution < -0.4 is 5.73 Å². The summed E-state index contributed by atoms with van der Waals surface area (Å²) in [6, 6.07) is 8.35. The van der Waals surface area contributed by atoms with Gasteiger partial charge in [0.2, 0.25) is 0 Å². The smallest absolute Gasteiger partial charge is 0.0787 e. The molecular formula is C14H16BrN3. The topological polar surface area (TPSA) is 43.8 Å². The van der Waals surface area contributed by atoms with Gasteiger partial charge in [0.25, 0.3) is 0 Å². The monoisotopic (exact) mass is 305 g/mol. The summed E-state index contributed by atoms with van der Waals surface area (Å²) in [5, 5.41) is 4.63. The van der Waals surface area contributed by atoms with Gasteiger partial charge < -0.3 is 5.73 Å². The second-order valence-corrected chi connectivity index (χ2v) is 5.81. The summed E-state index contributed by atoms with van der Waals surface area (Å²) in [5.41, 5.74) is 9.27. The van der Waals surface area contributed by atoms with Gasteiger partial charge in [0.1, 0.15) is 0 Å². The van der Waals surface area contributed by atoms with Crippen molar-refractivity contribution in [1.82, 2.24) is 9.78 Å². The van der Waals surface area contributed by atoms with Crippen LogP contribution in [0, 0.1) is 0 Å². The molecule has 2 N–H and O–H groups in total. The Morgan fingerprint density at radius 1 is 1.39 bits per heavy atom. The number of halogens is 1. The Morgan fingerprint density at radius 2 is 2.17 bits per heavy atom. The number of hydrogen-bond acceptors (Lipinski definition) is 2. The average molecular weight is 306 g/mol. The SMILES string of the molecule is CC(N)c1ccc(-n2ccc(C3CC3)n2)c(Br)c1. The molecule has 1 atom stereocenters. The highest BCUT2D eigenvalue weighted by molar-refractivity contribution is 9.10. The fourth-order valence-electron chi connectivity index (χ4n) is 2.06. The number of hydrogen-bond donors (Lipinski definition) is 1. The minimum absolute atomic E-state index is 0.0509. The molecule has 2 aromatic rings. The van der Waals surface area contributed by atoms with E-state index in [4.69, 9.17) is 5.73 Å². The first-order chi connectivity index (χ1) is 8.65. The van der Waals surface area contributed by atoms with Gasteiger partial charge in [0.05, 0.1) is 11.4 Å². The molecule has 0 radical (unpaired) electrons. The second kappa shape index (κ2) is 4.52. The maximum Gasteiger partial charge on any atom is 0.0787 e. The standard InChI is InChI=1S/C14H16BrN3/c1-9(16)11-4-5-14(12(15)8-11)18-7-6-13(17-18)10-2-3-10/h4-10H,2-3,16H2,1H3. The highest BCUT2D eigenvalue weighted by atomic mass is 79.9. The Morgan fingerprint density at radius 3 is 2.78 bits per heavy atom. The molecule has 4 heteroatoms. The van der Waals surface area contributed by atoms with Crippen LogP contribution in [0.3, 0.4) is 0 Å². The zero-order chi connectivity index (χ0) is 12.7. The summed E-state index contributed by atoms with van der Waals surface area (Å²) in [5.74, 6) is 0.688. The van der Waals surface area contributed by atoms with Crippen LogP contribution in [0.5, 0.6) is 0 Å². The highest BCUT2D eigenvalue weighted by Crippen LogP contribution is 2.39. The number of nitrogens with zero attached hydrogens (tertiary/aromatic N) is 2. The van der Waals surface area contributed by atoms with E-state index in [2.05, 4.69) is 45.3 Å². The van der Waals surface area contributed by atoms with Gasteiger partial charge >= 0.3 is 0 Å². The van der Waals surface area contributed by atoms with E-state index < -0.39 is 0 Å². The molecule has 1 aliphatic rings. The summed E-state index contributed by atoms with van der Waals surface area (Å²) in [7, 11) is 0. The van der Waals surface area contributed by atoms with E-state index in [1.54, 1.807) is 0 Å². The van der Waals surface area contributed by atoms with Crippen LogP contribution in [0.1, 0.15) is 43.0 Å². The molecule has 3 nitrogen and oxygen atoms in total. The zero-order valence-corrected chi connectivity index (χ0v) is 11.9. The molecule has 0 saturated heterocycles. The minimum Gasteiger partial charge on any atom is -0.324 e. The van der Waals surface area contributed by atoms with Crippen LogP contribution in [0.4, 0.5) is 0 Å². The lowest BCUT2D eigenvalue weighted by atomic mass is 10.1. The van der Waals surface area contributed by atoms with Gasteiger partial charge in [-0.25, -0.2) is 4.68 Å². The highest BCUT2D eigenvalue weighted by Gasteiger charge is 2.26. The van der Waals surface area contributed by atoms with E-state index in [1.807, 2.05) is 17.8 Å². The van der Waals surface area contributed by atoms with Gasteiger partial charge in [-0.05, 0) is 59.5 Å². The van der Waals surface area contributed by atoms with Crippen LogP contribution in [-0.2, 0) is 0 Å². The third-order valence-corrected chi connectivity index (χ3v) is 3.98. The van der Waals surface area contributed by atoms with Gasteiger partial charge in [-0.2, -0.15) is 5.10 Å². The Hall–Kier alpha value is -1.13. The molecule has 0 amide bonds. The van der Waals surface area contributed by atoms with E-state index in [-0.39, 0.29) is 6.04 Å². The van der Waals surface area contributed by atoms with Crippen LogP contribution in [0.2, 0.25) is 0 Å². The van der Waals surface area contributed by atoms with Crippen LogP contribution in [0.15, 0.2) is 34.9 Å². The predicted molar refractivity (Wildman–Crippen MR) is 75.8 cm³/mol. The second-order valence-electron chi connectivity index (χ2n) is 4.96.